The number of likely N-dealkylation sites (tertiary alicyclic amines) is 1. The van der Waals surface area contributed by atoms with E-state index < -0.39 is 0 Å². The van der Waals surface area contributed by atoms with Crippen LogP contribution in [-0.2, 0) is 6.54 Å². The third-order valence-electron chi connectivity index (χ3n) is 4.17. The fourth-order valence-corrected chi connectivity index (χ4v) is 3.07. The molecule has 110 valence electrons. The van der Waals surface area contributed by atoms with Gasteiger partial charge in [0.05, 0.1) is 0 Å². The van der Waals surface area contributed by atoms with Gasteiger partial charge in [-0.2, -0.15) is 0 Å². The highest BCUT2D eigenvalue weighted by Gasteiger charge is 2.23. The Morgan fingerprint density at radius 2 is 1.48 bits per heavy atom. The van der Waals surface area contributed by atoms with Gasteiger partial charge in [-0.1, -0.05) is 30.7 Å². The number of nitrogens with zero attached hydrogens (tertiary/aromatic N) is 1. The van der Waals surface area contributed by atoms with E-state index in [1.165, 1.54) is 42.7 Å². The topological polar surface area (TPSA) is 3.24 Å². The van der Waals surface area contributed by atoms with E-state index in [9.17, 15) is 8.78 Å². The fraction of sp³-hybridized carbons (Fsp3) is 0.333. The van der Waals surface area contributed by atoms with E-state index in [1.54, 1.807) is 0 Å². The summed E-state index contributed by atoms with van der Waals surface area (Å²) in [6, 6.07) is 13.8. The summed E-state index contributed by atoms with van der Waals surface area (Å²) >= 11 is 0. The maximum absolute atomic E-state index is 13.1. The van der Waals surface area contributed by atoms with Gasteiger partial charge in [0.15, 0.2) is 0 Å². The molecule has 1 fully saturated rings. The van der Waals surface area contributed by atoms with Crippen LogP contribution in [0.3, 0.4) is 0 Å². The van der Waals surface area contributed by atoms with Crippen LogP contribution in [0, 0.1) is 11.6 Å². The first-order chi connectivity index (χ1) is 10.2. The lowest BCUT2D eigenvalue weighted by atomic mass is 9.94. The van der Waals surface area contributed by atoms with Crippen molar-refractivity contribution >= 4 is 0 Å². The molecule has 0 radical (unpaired) electrons. The number of piperidine rings is 1. The highest BCUT2D eigenvalue weighted by atomic mass is 19.1. The Morgan fingerprint density at radius 1 is 0.857 bits per heavy atom. The summed E-state index contributed by atoms with van der Waals surface area (Å²) in [5.74, 6) is -0.396. The van der Waals surface area contributed by atoms with Crippen LogP contribution in [0.5, 0.6) is 0 Å². The highest BCUT2D eigenvalue weighted by Crippen LogP contribution is 2.32. The van der Waals surface area contributed by atoms with Gasteiger partial charge in [-0.15, -0.1) is 0 Å². The highest BCUT2D eigenvalue weighted by molar-refractivity contribution is 5.22. The first-order valence-corrected chi connectivity index (χ1v) is 7.46. The summed E-state index contributed by atoms with van der Waals surface area (Å²) in [5, 5.41) is 0. The van der Waals surface area contributed by atoms with E-state index in [4.69, 9.17) is 0 Å². The third kappa shape index (κ3) is 3.48. The van der Waals surface area contributed by atoms with Crippen LogP contribution in [0.25, 0.3) is 0 Å². The molecule has 1 unspecified atom stereocenters. The molecular weight excluding hydrogens is 268 g/mol. The van der Waals surface area contributed by atoms with E-state index >= 15 is 0 Å². The van der Waals surface area contributed by atoms with Gasteiger partial charge in [-0.3, -0.25) is 4.90 Å². The van der Waals surface area contributed by atoms with Crippen LogP contribution in [0.4, 0.5) is 8.78 Å². The Bertz CT molecular complexity index is 577. The van der Waals surface area contributed by atoms with Crippen molar-refractivity contribution in [2.75, 3.05) is 6.54 Å². The predicted octanol–water partition coefficient (Wildman–Crippen LogP) is 4.69. The Morgan fingerprint density at radius 3 is 2.14 bits per heavy atom. The second-order valence-electron chi connectivity index (χ2n) is 5.66. The lowest BCUT2D eigenvalue weighted by Gasteiger charge is -2.36. The van der Waals surface area contributed by atoms with Crippen LogP contribution in [0.2, 0.25) is 0 Å². The largest absolute Gasteiger partial charge is 0.292 e. The summed E-state index contributed by atoms with van der Waals surface area (Å²) < 4.78 is 26.1. The van der Waals surface area contributed by atoms with Gasteiger partial charge in [0.1, 0.15) is 11.6 Å². The van der Waals surface area contributed by atoms with Gasteiger partial charge >= 0.3 is 0 Å². The second kappa shape index (κ2) is 6.35. The monoisotopic (exact) mass is 287 g/mol. The first-order valence-electron chi connectivity index (χ1n) is 7.46. The Hall–Kier alpha value is -1.74. The number of halogens is 2. The molecule has 0 saturated carbocycles. The van der Waals surface area contributed by atoms with Gasteiger partial charge in [0, 0.05) is 12.6 Å². The molecule has 1 nitrogen and oxygen atoms in total. The van der Waals surface area contributed by atoms with Crippen LogP contribution in [-0.4, -0.2) is 11.4 Å². The first kappa shape index (κ1) is 14.2. The average molecular weight is 287 g/mol. The van der Waals surface area contributed by atoms with Gasteiger partial charge in [0.2, 0.25) is 0 Å². The molecule has 2 aromatic carbocycles. The molecule has 3 rings (SSSR count). The van der Waals surface area contributed by atoms with Crippen LogP contribution in [0.1, 0.15) is 36.4 Å². The van der Waals surface area contributed by atoms with E-state index in [-0.39, 0.29) is 11.6 Å². The molecule has 0 aliphatic carbocycles. The molecule has 1 heterocycles. The number of hydrogen-bond acceptors (Lipinski definition) is 1. The van der Waals surface area contributed by atoms with Gasteiger partial charge < -0.3 is 0 Å². The maximum atomic E-state index is 13.1. The van der Waals surface area contributed by atoms with Crippen molar-refractivity contribution < 1.29 is 8.78 Å². The third-order valence-corrected chi connectivity index (χ3v) is 4.17. The number of hydrogen-bond donors (Lipinski definition) is 0. The summed E-state index contributed by atoms with van der Waals surface area (Å²) in [6.07, 6.45) is 3.47. The van der Waals surface area contributed by atoms with Crippen molar-refractivity contribution in [1.29, 1.82) is 0 Å². The van der Waals surface area contributed by atoms with Crippen molar-refractivity contribution in [2.45, 2.75) is 31.8 Å². The summed E-state index contributed by atoms with van der Waals surface area (Å²) in [6.45, 7) is 1.84. The minimum atomic E-state index is -0.201. The zero-order valence-electron chi connectivity index (χ0n) is 11.9. The molecule has 1 saturated heterocycles. The van der Waals surface area contributed by atoms with Gasteiger partial charge in [0.25, 0.3) is 0 Å². The van der Waals surface area contributed by atoms with Gasteiger partial charge in [-0.05, 0) is 54.8 Å². The minimum absolute atomic E-state index is 0.195. The Labute approximate surface area is 124 Å². The maximum Gasteiger partial charge on any atom is 0.123 e. The molecule has 0 N–H and O–H groups in total. The SMILES string of the molecule is Fc1ccc(CN2CCCCC2c2ccc(F)cc2)cc1. The molecule has 1 atom stereocenters. The van der Waals surface area contributed by atoms with E-state index in [1.807, 2.05) is 24.3 Å². The molecule has 0 spiro atoms. The van der Waals surface area contributed by atoms with E-state index in [0.717, 1.165) is 25.1 Å². The fourth-order valence-electron chi connectivity index (χ4n) is 3.07. The average Bonchev–Trinajstić information content (AvgIpc) is 2.51. The standard InChI is InChI=1S/C18H19F2N/c19-16-8-4-14(5-9-16)13-21-12-2-1-3-18(21)15-6-10-17(20)11-7-15/h4-11,18H,1-3,12-13H2. The van der Waals surface area contributed by atoms with Crippen LogP contribution in [0.15, 0.2) is 48.5 Å². The molecule has 0 amide bonds. The minimum Gasteiger partial charge on any atom is -0.292 e. The quantitative estimate of drug-likeness (QED) is 0.791. The summed E-state index contributed by atoms with van der Waals surface area (Å²) in [7, 11) is 0. The zero-order valence-corrected chi connectivity index (χ0v) is 11.9. The number of rotatable bonds is 3. The van der Waals surface area contributed by atoms with Gasteiger partial charge in [-0.25, -0.2) is 8.78 Å². The summed E-state index contributed by atoms with van der Waals surface area (Å²) in [4.78, 5) is 2.41. The van der Waals surface area contributed by atoms with Crippen molar-refractivity contribution in [1.82, 2.24) is 4.90 Å². The molecule has 1 aliphatic rings. The summed E-state index contributed by atoms with van der Waals surface area (Å²) in [5.41, 5.74) is 2.28. The molecule has 0 bridgehead atoms. The van der Waals surface area contributed by atoms with Crippen LogP contribution < -0.4 is 0 Å². The van der Waals surface area contributed by atoms with E-state index in [0.29, 0.717) is 6.04 Å². The smallest absolute Gasteiger partial charge is 0.123 e. The van der Waals surface area contributed by atoms with Crippen molar-refractivity contribution in [3.05, 3.63) is 71.3 Å². The van der Waals surface area contributed by atoms with Crippen molar-refractivity contribution in [3.63, 3.8) is 0 Å². The van der Waals surface area contributed by atoms with Crippen molar-refractivity contribution in [3.8, 4) is 0 Å². The lowest BCUT2D eigenvalue weighted by Crippen LogP contribution is -2.32. The second-order valence-corrected chi connectivity index (χ2v) is 5.66. The predicted molar refractivity (Wildman–Crippen MR) is 79.8 cm³/mol. The number of benzene rings is 2. The lowest BCUT2D eigenvalue weighted by molar-refractivity contribution is 0.140. The van der Waals surface area contributed by atoms with Crippen LogP contribution >= 0.6 is 0 Å². The molecule has 3 heteroatoms. The molecule has 21 heavy (non-hydrogen) atoms. The van der Waals surface area contributed by atoms with Crippen molar-refractivity contribution in [2.24, 2.45) is 0 Å². The zero-order chi connectivity index (χ0) is 14.7. The Kier molecular flexibility index (Phi) is 4.30. The van der Waals surface area contributed by atoms with E-state index in [2.05, 4.69) is 4.90 Å². The Balaban J connectivity index is 1.77. The normalized spacial score (nSPS) is 19.6. The molecule has 0 aromatic heterocycles. The molecule has 1 aliphatic heterocycles. The molecule has 2 aromatic rings. The molecular formula is C18H19F2N.